The maximum absolute atomic E-state index is 10.5. The van der Waals surface area contributed by atoms with Crippen molar-refractivity contribution in [2.75, 3.05) is 7.11 Å². The van der Waals surface area contributed by atoms with E-state index in [1.165, 1.54) is 0 Å². The van der Waals surface area contributed by atoms with Gasteiger partial charge in [-0.05, 0) is 54.8 Å². The van der Waals surface area contributed by atoms with Crippen LogP contribution in [-0.2, 0) is 0 Å². The lowest BCUT2D eigenvalue weighted by Crippen LogP contribution is -2.03. The van der Waals surface area contributed by atoms with Crippen molar-refractivity contribution in [2.45, 2.75) is 20.0 Å². The molecule has 0 spiro atoms. The summed E-state index contributed by atoms with van der Waals surface area (Å²) in [6, 6.07) is 8.90. The summed E-state index contributed by atoms with van der Waals surface area (Å²) < 4.78 is 5.33. The minimum Gasteiger partial charge on any atom is -0.496 e. The number of halogens is 2. The molecule has 0 aromatic heterocycles. The first-order valence-corrected chi connectivity index (χ1v) is 6.97. The SMILES string of the molecule is COc1c(C)cc(C(O)c2ccc(Cl)cc2Cl)cc1C. The molecular formula is C16H16Cl2O2. The van der Waals surface area contributed by atoms with Gasteiger partial charge in [0, 0.05) is 15.6 Å². The van der Waals surface area contributed by atoms with Crippen LogP contribution >= 0.6 is 23.2 Å². The van der Waals surface area contributed by atoms with Crippen LogP contribution in [0.3, 0.4) is 0 Å². The monoisotopic (exact) mass is 310 g/mol. The van der Waals surface area contributed by atoms with Gasteiger partial charge in [0.05, 0.1) is 7.11 Å². The standard InChI is InChI=1S/C16H16Cl2O2/c1-9-6-11(7-10(2)16(9)20-3)15(19)13-5-4-12(17)8-14(13)18/h4-8,15,19H,1-3H3. The quantitative estimate of drug-likeness (QED) is 0.890. The number of hydrogen-bond acceptors (Lipinski definition) is 2. The van der Waals surface area contributed by atoms with E-state index >= 15 is 0 Å². The Kier molecular flexibility index (Phi) is 4.59. The fourth-order valence-electron chi connectivity index (χ4n) is 2.37. The van der Waals surface area contributed by atoms with Crippen molar-refractivity contribution < 1.29 is 9.84 Å². The first-order valence-electron chi connectivity index (χ1n) is 6.22. The van der Waals surface area contributed by atoms with Crippen LogP contribution in [0.25, 0.3) is 0 Å². The summed E-state index contributed by atoms with van der Waals surface area (Å²) in [7, 11) is 1.64. The number of aliphatic hydroxyl groups is 1. The van der Waals surface area contributed by atoms with Crippen molar-refractivity contribution >= 4 is 23.2 Å². The summed E-state index contributed by atoms with van der Waals surface area (Å²) in [4.78, 5) is 0. The van der Waals surface area contributed by atoms with E-state index in [1.54, 1.807) is 25.3 Å². The van der Waals surface area contributed by atoms with Crippen LogP contribution in [0.15, 0.2) is 30.3 Å². The molecule has 2 nitrogen and oxygen atoms in total. The smallest absolute Gasteiger partial charge is 0.124 e. The molecule has 0 amide bonds. The Hall–Kier alpha value is -1.22. The second kappa shape index (κ2) is 6.04. The second-order valence-electron chi connectivity index (χ2n) is 4.76. The highest BCUT2D eigenvalue weighted by Crippen LogP contribution is 2.33. The molecule has 1 unspecified atom stereocenters. The van der Waals surface area contributed by atoms with Crippen LogP contribution in [-0.4, -0.2) is 12.2 Å². The Balaban J connectivity index is 2.45. The maximum atomic E-state index is 10.5. The molecule has 0 radical (unpaired) electrons. The molecule has 0 aliphatic heterocycles. The molecule has 0 saturated heterocycles. The number of aliphatic hydroxyl groups excluding tert-OH is 1. The Morgan fingerprint density at radius 2 is 1.65 bits per heavy atom. The Morgan fingerprint density at radius 3 is 2.15 bits per heavy atom. The lowest BCUT2D eigenvalue weighted by Gasteiger charge is -2.17. The van der Waals surface area contributed by atoms with Crippen LogP contribution < -0.4 is 4.74 Å². The fraction of sp³-hybridized carbons (Fsp3) is 0.250. The first-order chi connectivity index (χ1) is 9.43. The lowest BCUT2D eigenvalue weighted by atomic mass is 9.97. The van der Waals surface area contributed by atoms with Gasteiger partial charge in [-0.3, -0.25) is 0 Å². The van der Waals surface area contributed by atoms with E-state index in [2.05, 4.69) is 0 Å². The molecule has 0 saturated carbocycles. The van der Waals surface area contributed by atoms with Crippen molar-refractivity contribution in [3.63, 3.8) is 0 Å². The zero-order chi connectivity index (χ0) is 14.9. The maximum Gasteiger partial charge on any atom is 0.124 e. The van der Waals surface area contributed by atoms with Gasteiger partial charge in [0.15, 0.2) is 0 Å². The minimum absolute atomic E-state index is 0.455. The van der Waals surface area contributed by atoms with Gasteiger partial charge < -0.3 is 9.84 Å². The zero-order valence-electron chi connectivity index (χ0n) is 11.6. The summed E-state index contributed by atoms with van der Waals surface area (Å²) in [6.07, 6.45) is -0.789. The Bertz CT molecular complexity index is 615. The van der Waals surface area contributed by atoms with Crippen LogP contribution in [0.1, 0.15) is 28.4 Å². The van der Waals surface area contributed by atoms with Crippen molar-refractivity contribution in [2.24, 2.45) is 0 Å². The predicted octanol–water partition coefficient (Wildman–Crippen LogP) is 4.70. The van der Waals surface area contributed by atoms with Gasteiger partial charge in [-0.15, -0.1) is 0 Å². The normalized spacial score (nSPS) is 12.3. The van der Waals surface area contributed by atoms with E-state index < -0.39 is 6.10 Å². The van der Waals surface area contributed by atoms with Crippen molar-refractivity contribution in [1.29, 1.82) is 0 Å². The van der Waals surface area contributed by atoms with Crippen molar-refractivity contribution in [1.82, 2.24) is 0 Å². The number of hydrogen-bond donors (Lipinski definition) is 1. The average Bonchev–Trinajstić information content (AvgIpc) is 2.37. The van der Waals surface area contributed by atoms with Crippen LogP contribution in [0.2, 0.25) is 10.0 Å². The van der Waals surface area contributed by atoms with Gasteiger partial charge in [0.2, 0.25) is 0 Å². The van der Waals surface area contributed by atoms with Gasteiger partial charge in [-0.1, -0.05) is 29.3 Å². The van der Waals surface area contributed by atoms with E-state index in [4.69, 9.17) is 27.9 Å². The molecule has 0 aliphatic rings. The molecule has 4 heteroatoms. The van der Waals surface area contributed by atoms with Gasteiger partial charge >= 0.3 is 0 Å². The molecule has 2 rings (SSSR count). The number of aryl methyl sites for hydroxylation is 2. The highest BCUT2D eigenvalue weighted by molar-refractivity contribution is 6.35. The average molecular weight is 311 g/mol. The van der Waals surface area contributed by atoms with Gasteiger partial charge in [-0.2, -0.15) is 0 Å². The van der Waals surface area contributed by atoms with Crippen LogP contribution in [0, 0.1) is 13.8 Å². The molecule has 1 atom stereocenters. The zero-order valence-corrected chi connectivity index (χ0v) is 13.1. The minimum atomic E-state index is -0.789. The fourth-order valence-corrected chi connectivity index (χ4v) is 2.88. The number of ether oxygens (including phenoxy) is 1. The third kappa shape index (κ3) is 2.93. The molecule has 0 fully saturated rings. The molecule has 0 heterocycles. The molecule has 1 N–H and O–H groups in total. The summed E-state index contributed by atoms with van der Waals surface area (Å²) >= 11 is 12.0. The second-order valence-corrected chi connectivity index (χ2v) is 5.60. The third-order valence-electron chi connectivity index (χ3n) is 3.26. The van der Waals surface area contributed by atoms with Gasteiger partial charge in [0.1, 0.15) is 11.9 Å². The van der Waals surface area contributed by atoms with Gasteiger partial charge in [0.25, 0.3) is 0 Å². The summed E-state index contributed by atoms with van der Waals surface area (Å²) in [5, 5.41) is 11.5. The van der Waals surface area contributed by atoms with Crippen LogP contribution in [0.4, 0.5) is 0 Å². The lowest BCUT2D eigenvalue weighted by molar-refractivity contribution is 0.220. The molecule has 0 aliphatic carbocycles. The predicted molar refractivity (Wildman–Crippen MR) is 83.0 cm³/mol. The molecule has 2 aromatic carbocycles. The molecule has 106 valence electrons. The topological polar surface area (TPSA) is 29.5 Å². The van der Waals surface area contributed by atoms with Crippen molar-refractivity contribution in [3.8, 4) is 5.75 Å². The third-order valence-corrected chi connectivity index (χ3v) is 3.82. The van der Waals surface area contributed by atoms with Gasteiger partial charge in [-0.25, -0.2) is 0 Å². The van der Waals surface area contributed by atoms with E-state index in [1.807, 2.05) is 26.0 Å². The highest BCUT2D eigenvalue weighted by atomic mass is 35.5. The van der Waals surface area contributed by atoms with E-state index in [-0.39, 0.29) is 0 Å². The molecule has 0 bridgehead atoms. The molecule has 20 heavy (non-hydrogen) atoms. The number of rotatable bonds is 3. The Labute approximate surface area is 128 Å². The van der Waals surface area contributed by atoms with Crippen LogP contribution in [0.5, 0.6) is 5.75 Å². The van der Waals surface area contributed by atoms with E-state index in [0.29, 0.717) is 15.6 Å². The summed E-state index contributed by atoms with van der Waals surface area (Å²) in [5.74, 6) is 0.836. The largest absolute Gasteiger partial charge is 0.496 e. The number of benzene rings is 2. The Morgan fingerprint density at radius 1 is 1.05 bits per heavy atom. The highest BCUT2D eigenvalue weighted by Gasteiger charge is 2.16. The van der Waals surface area contributed by atoms with Crippen molar-refractivity contribution in [3.05, 3.63) is 62.6 Å². The number of methoxy groups -OCH3 is 1. The first kappa shape index (κ1) is 15.2. The summed E-state index contributed by atoms with van der Waals surface area (Å²) in [6.45, 7) is 3.90. The molecule has 2 aromatic rings. The molecular weight excluding hydrogens is 295 g/mol. The van der Waals surface area contributed by atoms with E-state index in [9.17, 15) is 5.11 Å². The summed E-state index contributed by atoms with van der Waals surface area (Å²) in [5.41, 5.74) is 3.38. The van der Waals surface area contributed by atoms with E-state index in [0.717, 1.165) is 22.4 Å².